The van der Waals surface area contributed by atoms with Crippen LogP contribution in [0.2, 0.25) is 0 Å². The maximum Gasteiger partial charge on any atom is 0.228 e. The normalized spacial score (nSPS) is 10.3. The highest BCUT2D eigenvalue weighted by Gasteiger charge is 2.07. The largest absolute Gasteiger partial charge is 0.326 e. The molecule has 2 aromatic carbocycles. The Bertz CT molecular complexity index is 613. The van der Waals surface area contributed by atoms with E-state index in [9.17, 15) is 4.79 Å². The Kier molecular flexibility index (Phi) is 4.99. The summed E-state index contributed by atoms with van der Waals surface area (Å²) in [5.74, 6) is 0.00296. The van der Waals surface area contributed by atoms with Crippen LogP contribution in [0.5, 0.6) is 0 Å². The standard InChI is InChI=1S/C15H13BrINO/c1-10-13(17)6-3-7-14(10)18-15(19)9-11-4-2-5-12(16)8-11/h2-8H,9H2,1H3,(H,18,19). The molecule has 1 N–H and O–H groups in total. The van der Waals surface area contributed by atoms with Crippen LogP contribution in [0.3, 0.4) is 0 Å². The molecule has 19 heavy (non-hydrogen) atoms. The molecule has 0 aliphatic carbocycles. The van der Waals surface area contributed by atoms with Gasteiger partial charge in [0, 0.05) is 13.7 Å². The number of nitrogens with one attached hydrogen (secondary N) is 1. The van der Waals surface area contributed by atoms with Gasteiger partial charge in [0.2, 0.25) is 5.91 Å². The molecule has 1 amide bonds. The third kappa shape index (κ3) is 4.04. The van der Waals surface area contributed by atoms with Gasteiger partial charge in [0.1, 0.15) is 0 Å². The molecular formula is C15H13BrINO. The third-order valence-corrected chi connectivity index (χ3v) is 4.46. The van der Waals surface area contributed by atoms with Crippen molar-refractivity contribution in [3.63, 3.8) is 0 Å². The van der Waals surface area contributed by atoms with Crippen molar-refractivity contribution in [2.45, 2.75) is 13.3 Å². The Morgan fingerprint density at radius 3 is 2.74 bits per heavy atom. The molecule has 0 unspecified atom stereocenters. The zero-order chi connectivity index (χ0) is 13.8. The third-order valence-electron chi connectivity index (χ3n) is 2.80. The fraction of sp³-hybridized carbons (Fsp3) is 0.133. The molecule has 0 heterocycles. The van der Waals surface area contributed by atoms with Gasteiger partial charge in [-0.15, -0.1) is 0 Å². The van der Waals surface area contributed by atoms with Gasteiger partial charge in [0.25, 0.3) is 0 Å². The van der Waals surface area contributed by atoms with E-state index in [1.165, 1.54) is 0 Å². The molecule has 0 radical (unpaired) electrons. The summed E-state index contributed by atoms with van der Waals surface area (Å²) in [6.45, 7) is 2.01. The van der Waals surface area contributed by atoms with Crippen LogP contribution in [0.15, 0.2) is 46.9 Å². The Hall–Kier alpha value is -0.880. The van der Waals surface area contributed by atoms with Crippen LogP contribution < -0.4 is 5.32 Å². The zero-order valence-electron chi connectivity index (χ0n) is 10.4. The van der Waals surface area contributed by atoms with Crippen molar-refractivity contribution in [3.8, 4) is 0 Å². The minimum atomic E-state index is 0.00296. The maximum atomic E-state index is 12.0. The zero-order valence-corrected chi connectivity index (χ0v) is 14.2. The number of halogens is 2. The van der Waals surface area contributed by atoms with Gasteiger partial charge >= 0.3 is 0 Å². The van der Waals surface area contributed by atoms with E-state index in [1.54, 1.807) is 0 Å². The van der Waals surface area contributed by atoms with Crippen molar-refractivity contribution in [2.24, 2.45) is 0 Å². The average molecular weight is 430 g/mol. The number of carbonyl (C=O) groups excluding carboxylic acids is 1. The SMILES string of the molecule is Cc1c(I)cccc1NC(=O)Cc1cccc(Br)c1. The second kappa shape index (κ2) is 6.52. The first-order valence-electron chi connectivity index (χ1n) is 5.85. The summed E-state index contributed by atoms with van der Waals surface area (Å²) in [7, 11) is 0. The van der Waals surface area contributed by atoms with E-state index >= 15 is 0 Å². The fourth-order valence-corrected chi connectivity index (χ4v) is 2.71. The summed E-state index contributed by atoms with van der Waals surface area (Å²) in [5, 5.41) is 2.96. The van der Waals surface area contributed by atoms with Gasteiger partial charge in [-0.2, -0.15) is 0 Å². The molecule has 0 aromatic heterocycles. The van der Waals surface area contributed by atoms with E-state index in [0.717, 1.165) is 24.9 Å². The second-order valence-corrected chi connectivity index (χ2v) is 6.35. The van der Waals surface area contributed by atoms with Crippen LogP contribution in [0.4, 0.5) is 5.69 Å². The van der Waals surface area contributed by atoms with Gasteiger partial charge in [-0.3, -0.25) is 4.79 Å². The number of amides is 1. The first kappa shape index (κ1) is 14.5. The number of benzene rings is 2. The van der Waals surface area contributed by atoms with Crippen LogP contribution in [-0.4, -0.2) is 5.91 Å². The lowest BCUT2D eigenvalue weighted by molar-refractivity contribution is -0.115. The molecule has 0 fully saturated rings. The first-order chi connectivity index (χ1) is 9.06. The fourth-order valence-electron chi connectivity index (χ4n) is 1.77. The first-order valence-corrected chi connectivity index (χ1v) is 7.73. The van der Waals surface area contributed by atoms with Gasteiger partial charge < -0.3 is 5.32 Å². The predicted octanol–water partition coefficient (Wildman–Crippen LogP) is 4.54. The van der Waals surface area contributed by atoms with Crippen LogP contribution in [-0.2, 0) is 11.2 Å². The molecule has 2 rings (SSSR count). The van der Waals surface area contributed by atoms with Crippen LogP contribution >= 0.6 is 38.5 Å². The smallest absolute Gasteiger partial charge is 0.228 e. The summed E-state index contributed by atoms with van der Waals surface area (Å²) >= 11 is 5.67. The summed E-state index contributed by atoms with van der Waals surface area (Å²) < 4.78 is 2.14. The predicted molar refractivity (Wildman–Crippen MR) is 90.4 cm³/mol. The van der Waals surface area contributed by atoms with Crippen molar-refractivity contribution in [1.29, 1.82) is 0 Å². The van der Waals surface area contributed by atoms with Gasteiger partial charge in [0.15, 0.2) is 0 Å². The lowest BCUT2D eigenvalue weighted by atomic mass is 10.1. The molecular weight excluding hydrogens is 417 g/mol. The molecule has 2 nitrogen and oxygen atoms in total. The highest BCUT2D eigenvalue weighted by Crippen LogP contribution is 2.20. The molecule has 0 bridgehead atoms. The monoisotopic (exact) mass is 429 g/mol. The molecule has 0 saturated heterocycles. The lowest BCUT2D eigenvalue weighted by Crippen LogP contribution is -2.15. The Morgan fingerprint density at radius 2 is 2.00 bits per heavy atom. The minimum Gasteiger partial charge on any atom is -0.326 e. The topological polar surface area (TPSA) is 29.1 Å². The molecule has 98 valence electrons. The van der Waals surface area contributed by atoms with Crippen LogP contribution in [0, 0.1) is 10.5 Å². The van der Waals surface area contributed by atoms with Gasteiger partial charge in [-0.05, 0) is 64.9 Å². The number of anilines is 1. The van der Waals surface area contributed by atoms with Gasteiger partial charge in [0.05, 0.1) is 6.42 Å². The highest BCUT2D eigenvalue weighted by atomic mass is 127. The van der Waals surface area contributed by atoms with Crippen molar-refractivity contribution >= 4 is 50.1 Å². The van der Waals surface area contributed by atoms with Crippen LogP contribution in [0.1, 0.15) is 11.1 Å². The van der Waals surface area contributed by atoms with E-state index in [0.29, 0.717) is 6.42 Å². The number of hydrogen-bond acceptors (Lipinski definition) is 1. The van der Waals surface area contributed by atoms with E-state index < -0.39 is 0 Å². The van der Waals surface area contributed by atoms with Crippen molar-refractivity contribution < 1.29 is 4.79 Å². The maximum absolute atomic E-state index is 12.0. The Morgan fingerprint density at radius 1 is 1.26 bits per heavy atom. The minimum absolute atomic E-state index is 0.00296. The number of rotatable bonds is 3. The highest BCUT2D eigenvalue weighted by molar-refractivity contribution is 14.1. The van der Waals surface area contributed by atoms with Crippen molar-refractivity contribution in [3.05, 3.63) is 61.6 Å². The number of carbonyl (C=O) groups is 1. The van der Waals surface area contributed by atoms with E-state index in [1.807, 2.05) is 49.4 Å². The van der Waals surface area contributed by atoms with E-state index in [4.69, 9.17) is 0 Å². The van der Waals surface area contributed by atoms with Gasteiger partial charge in [-0.1, -0.05) is 34.1 Å². The lowest BCUT2D eigenvalue weighted by Gasteiger charge is -2.09. The van der Waals surface area contributed by atoms with Crippen molar-refractivity contribution in [2.75, 3.05) is 5.32 Å². The molecule has 0 saturated carbocycles. The molecule has 0 atom stereocenters. The van der Waals surface area contributed by atoms with Crippen molar-refractivity contribution in [1.82, 2.24) is 0 Å². The summed E-state index contributed by atoms with van der Waals surface area (Å²) in [6, 6.07) is 13.7. The second-order valence-electron chi connectivity index (χ2n) is 4.27. The molecule has 2 aromatic rings. The van der Waals surface area contributed by atoms with Gasteiger partial charge in [-0.25, -0.2) is 0 Å². The van der Waals surface area contributed by atoms with E-state index in [-0.39, 0.29) is 5.91 Å². The quantitative estimate of drug-likeness (QED) is 0.713. The molecule has 0 spiro atoms. The summed E-state index contributed by atoms with van der Waals surface area (Å²) in [5.41, 5.74) is 2.98. The van der Waals surface area contributed by atoms with E-state index in [2.05, 4.69) is 43.8 Å². The summed E-state index contributed by atoms with van der Waals surface area (Å²) in [4.78, 5) is 12.0. The van der Waals surface area contributed by atoms with Crippen LogP contribution in [0.25, 0.3) is 0 Å². The number of hydrogen-bond donors (Lipinski definition) is 1. The molecule has 0 aliphatic rings. The molecule has 4 heteroatoms. The average Bonchev–Trinajstić information content (AvgIpc) is 2.35. The Balaban J connectivity index is 2.08. The Labute approximate surface area is 134 Å². The molecule has 0 aliphatic heterocycles. The summed E-state index contributed by atoms with van der Waals surface area (Å²) in [6.07, 6.45) is 0.379.